The van der Waals surface area contributed by atoms with Crippen LogP contribution in [-0.4, -0.2) is 34.4 Å². The number of aryl methyl sites for hydroxylation is 1. The molecule has 1 atom stereocenters. The lowest BCUT2D eigenvalue weighted by Crippen LogP contribution is -2.40. The second-order valence-corrected chi connectivity index (χ2v) is 5.22. The van der Waals surface area contributed by atoms with Crippen LogP contribution in [0.4, 0.5) is 5.82 Å². The van der Waals surface area contributed by atoms with E-state index < -0.39 is 0 Å². The van der Waals surface area contributed by atoms with Gasteiger partial charge in [-0.2, -0.15) is 0 Å². The molecule has 0 saturated carbocycles. The first-order valence-corrected chi connectivity index (χ1v) is 7.17. The average molecular weight is 265 g/mol. The van der Waals surface area contributed by atoms with Crippen molar-refractivity contribution in [1.82, 2.24) is 9.55 Å². The molecule has 1 aliphatic heterocycles. The summed E-state index contributed by atoms with van der Waals surface area (Å²) in [7, 11) is 0. The van der Waals surface area contributed by atoms with Gasteiger partial charge in [0.05, 0.1) is 0 Å². The third-order valence-electron chi connectivity index (χ3n) is 3.72. The summed E-state index contributed by atoms with van der Waals surface area (Å²) in [4.78, 5) is 18.7. The second kappa shape index (κ2) is 6.70. The van der Waals surface area contributed by atoms with E-state index in [0.29, 0.717) is 11.7 Å². The van der Waals surface area contributed by atoms with Crippen molar-refractivity contribution in [3.8, 4) is 0 Å². The van der Waals surface area contributed by atoms with Crippen LogP contribution >= 0.6 is 0 Å². The maximum Gasteiger partial charge on any atom is 0.293 e. The summed E-state index contributed by atoms with van der Waals surface area (Å²) in [6, 6.07) is 0. The van der Waals surface area contributed by atoms with E-state index in [1.807, 2.05) is 0 Å². The number of aliphatic hydroxyl groups excluding tert-OH is 1. The van der Waals surface area contributed by atoms with Crippen molar-refractivity contribution in [2.75, 3.05) is 24.6 Å². The molecule has 0 bridgehead atoms. The van der Waals surface area contributed by atoms with Crippen LogP contribution in [0.1, 0.15) is 32.6 Å². The van der Waals surface area contributed by atoms with E-state index in [-0.39, 0.29) is 12.2 Å². The quantitative estimate of drug-likeness (QED) is 0.870. The molecule has 2 rings (SSSR count). The highest BCUT2D eigenvalue weighted by molar-refractivity contribution is 5.36. The van der Waals surface area contributed by atoms with Crippen molar-refractivity contribution >= 4 is 5.82 Å². The van der Waals surface area contributed by atoms with Gasteiger partial charge >= 0.3 is 0 Å². The molecule has 19 heavy (non-hydrogen) atoms. The molecule has 5 heteroatoms. The van der Waals surface area contributed by atoms with Crippen molar-refractivity contribution < 1.29 is 5.11 Å². The van der Waals surface area contributed by atoms with Gasteiger partial charge in [-0.05, 0) is 31.6 Å². The van der Waals surface area contributed by atoms with Crippen LogP contribution in [0.25, 0.3) is 0 Å². The van der Waals surface area contributed by atoms with Crippen molar-refractivity contribution in [1.29, 1.82) is 0 Å². The number of aliphatic hydroxyl groups is 1. The maximum absolute atomic E-state index is 12.3. The van der Waals surface area contributed by atoms with E-state index in [2.05, 4.69) is 16.8 Å². The fourth-order valence-electron chi connectivity index (χ4n) is 2.75. The summed E-state index contributed by atoms with van der Waals surface area (Å²) < 4.78 is 1.73. The molecule has 0 aromatic carbocycles. The minimum Gasteiger partial charge on any atom is -0.396 e. The normalized spacial score (nSPS) is 19.7. The number of piperidine rings is 1. The molecule has 0 spiro atoms. The lowest BCUT2D eigenvalue weighted by Gasteiger charge is -2.33. The molecule has 5 nitrogen and oxygen atoms in total. The second-order valence-electron chi connectivity index (χ2n) is 5.22. The van der Waals surface area contributed by atoms with E-state index in [1.165, 1.54) is 0 Å². The van der Waals surface area contributed by atoms with Crippen LogP contribution in [-0.2, 0) is 6.54 Å². The van der Waals surface area contributed by atoms with E-state index in [4.69, 9.17) is 5.11 Å². The van der Waals surface area contributed by atoms with Crippen LogP contribution < -0.4 is 10.5 Å². The van der Waals surface area contributed by atoms with Crippen molar-refractivity contribution in [2.24, 2.45) is 5.92 Å². The summed E-state index contributed by atoms with van der Waals surface area (Å²) in [5.74, 6) is 1.04. The van der Waals surface area contributed by atoms with Crippen LogP contribution in [0, 0.1) is 5.92 Å². The number of anilines is 1. The molecule has 1 N–H and O–H groups in total. The van der Waals surface area contributed by atoms with Crippen LogP contribution in [0.15, 0.2) is 17.2 Å². The van der Waals surface area contributed by atoms with Crippen molar-refractivity contribution in [3.05, 3.63) is 22.7 Å². The zero-order valence-electron chi connectivity index (χ0n) is 11.6. The molecule has 0 aliphatic carbocycles. The van der Waals surface area contributed by atoms with Gasteiger partial charge in [-0.25, -0.2) is 4.98 Å². The molecular formula is C14H23N3O2. The van der Waals surface area contributed by atoms with E-state index in [0.717, 1.165) is 45.3 Å². The van der Waals surface area contributed by atoms with E-state index in [9.17, 15) is 4.79 Å². The predicted molar refractivity (Wildman–Crippen MR) is 75.4 cm³/mol. The Balaban J connectivity index is 2.17. The van der Waals surface area contributed by atoms with Crippen molar-refractivity contribution in [2.45, 2.75) is 39.2 Å². The van der Waals surface area contributed by atoms with Crippen LogP contribution in [0.5, 0.6) is 0 Å². The van der Waals surface area contributed by atoms with E-state index >= 15 is 0 Å². The molecular weight excluding hydrogens is 242 g/mol. The van der Waals surface area contributed by atoms with Gasteiger partial charge in [-0.1, -0.05) is 6.92 Å². The standard InChI is InChI=1S/C14H23N3O2/c1-2-7-16-9-6-15-13(14(16)19)17-8-3-4-12(11-17)5-10-18/h6,9,12,18H,2-5,7-8,10-11H2,1H3. The minimum absolute atomic E-state index is 0.00833. The minimum atomic E-state index is 0.00833. The van der Waals surface area contributed by atoms with Crippen molar-refractivity contribution in [3.63, 3.8) is 0 Å². The van der Waals surface area contributed by atoms with Gasteiger partial charge in [0, 0.05) is 38.6 Å². The highest BCUT2D eigenvalue weighted by Crippen LogP contribution is 2.21. The maximum atomic E-state index is 12.3. The molecule has 0 amide bonds. The Morgan fingerprint density at radius 1 is 1.53 bits per heavy atom. The number of nitrogens with zero attached hydrogens (tertiary/aromatic N) is 3. The SMILES string of the molecule is CCCn1ccnc(N2CCCC(CCO)C2)c1=O. The zero-order valence-corrected chi connectivity index (χ0v) is 11.6. The summed E-state index contributed by atoms with van der Waals surface area (Å²) in [6.45, 7) is 4.74. The molecule has 1 unspecified atom stereocenters. The monoisotopic (exact) mass is 265 g/mol. The molecule has 1 aliphatic rings. The first kappa shape index (κ1) is 14.1. The highest BCUT2D eigenvalue weighted by atomic mass is 16.3. The van der Waals surface area contributed by atoms with Gasteiger partial charge in [0.2, 0.25) is 0 Å². The third-order valence-corrected chi connectivity index (χ3v) is 3.72. The Labute approximate surface area is 113 Å². The third kappa shape index (κ3) is 3.35. The number of rotatable bonds is 5. The van der Waals surface area contributed by atoms with Gasteiger partial charge in [-0.15, -0.1) is 0 Å². The largest absolute Gasteiger partial charge is 0.396 e. The molecule has 1 saturated heterocycles. The first-order valence-electron chi connectivity index (χ1n) is 7.17. The van der Waals surface area contributed by atoms with Gasteiger partial charge in [0.1, 0.15) is 0 Å². The Morgan fingerprint density at radius 2 is 2.37 bits per heavy atom. The predicted octanol–water partition coefficient (Wildman–Crippen LogP) is 1.25. The number of aromatic nitrogens is 2. The molecule has 1 aromatic rings. The number of hydrogen-bond acceptors (Lipinski definition) is 4. The lowest BCUT2D eigenvalue weighted by atomic mass is 9.95. The van der Waals surface area contributed by atoms with Gasteiger partial charge in [0.25, 0.3) is 5.56 Å². The Hall–Kier alpha value is -1.36. The van der Waals surface area contributed by atoms with Gasteiger partial charge in [-0.3, -0.25) is 4.79 Å². The Morgan fingerprint density at radius 3 is 3.11 bits per heavy atom. The van der Waals surface area contributed by atoms with Gasteiger partial charge < -0.3 is 14.6 Å². The lowest BCUT2D eigenvalue weighted by molar-refractivity contribution is 0.244. The highest BCUT2D eigenvalue weighted by Gasteiger charge is 2.22. The first-order chi connectivity index (χ1) is 9.26. The van der Waals surface area contributed by atoms with Gasteiger partial charge in [0.15, 0.2) is 5.82 Å². The van der Waals surface area contributed by atoms with E-state index in [1.54, 1.807) is 17.0 Å². The summed E-state index contributed by atoms with van der Waals surface area (Å²) in [6.07, 6.45) is 7.41. The summed E-state index contributed by atoms with van der Waals surface area (Å²) in [5, 5.41) is 9.04. The molecule has 106 valence electrons. The molecule has 1 fully saturated rings. The Bertz CT molecular complexity index is 456. The average Bonchev–Trinajstić information content (AvgIpc) is 2.42. The fraction of sp³-hybridized carbons (Fsp3) is 0.714. The number of hydrogen-bond donors (Lipinski definition) is 1. The topological polar surface area (TPSA) is 58.4 Å². The summed E-state index contributed by atoms with van der Waals surface area (Å²) in [5.41, 5.74) is 0.00833. The molecule has 1 aromatic heterocycles. The summed E-state index contributed by atoms with van der Waals surface area (Å²) >= 11 is 0. The van der Waals surface area contributed by atoms with Crippen LogP contribution in [0.2, 0.25) is 0 Å². The van der Waals surface area contributed by atoms with Crippen LogP contribution in [0.3, 0.4) is 0 Å². The zero-order chi connectivity index (χ0) is 13.7. The Kier molecular flexibility index (Phi) is 4.96. The fourth-order valence-corrected chi connectivity index (χ4v) is 2.75. The molecule has 2 heterocycles. The smallest absolute Gasteiger partial charge is 0.293 e. The molecule has 0 radical (unpaired) electrons.